The second kappa shape index (κ2) is 5.96. The number of anilines is 1. The van der Waals surface area contributed by atoms with E-state index in [1.54, 1.807) is 22.8 Å². The lowest BCUT2D eigenvalue weighted by Gasteiger charge is -2.06. The zero-order valence-corrected chi connectivity index (χ0v) is 12.7. The number of fused-ring (bicyclic) bond motifs is 1. The summed E-state index contributed by atoms with van der Waals surface area (Å²) < 4.78 is 7.39. The van der Waals surface area contributed by atoms with Crippen molar-refractivity contribution < 1.29 is 4.74 Å². The van der Waals surface area contributed by atoms with E-state index in [1.807, 2.05) is 42.5 Å². The minimum atomic E-state index is 0.232. The zero-order valence-electron chi connectivity index (χ0n) is 12.7. The highest BCUT2D eigenvalue weighted by Gasteiger charge is 2.09. The van der Waals surface area contributed by atoms with Crippen LogP contribution >= 0.6 is 0 Å². The van der Waals surface area contributed by atoms with Crippen LogP contribution in [0.4, 0.5) is 5.82 Å². The van der Waals surface area contributed by atoms with Crippen LogP contribution in [0.3, 0.4) is 0 Å². The molecule has 3 heterocycles. The third-order valence-electron chi connectivity index (χ3n) is 3.52. The van der Waals surface area contributed by atoms with E-state index >= 15 is 0 Å². The highest BCUT2D eigenvalue weighted by atomic mass is 16.5. The van der Waals surface area contributed by atoms with Crippen molar-refractivity contribution in [2.75, 3.05) is 5.73 Å². The third kappa shape index (κ3) is 2.74. The first-order valence-electron chi connectivity index (χ1n) is 7.41. The van der Waals surface area contributed by atoms with Crippen LogP contribution in [0.5, 0.6) is 5.75 Å². The maximum atomic E-state index is 5.70. The number of ether oxygens (including phenoxy) is 1. The largest absolute Gasteiger partial charge is 0.485 e. The number of benzene rings is 1. The van der Waals surface area contributed by atoms with Crippen molar-refractivity contribution >= 4 is 11.5 Å². The Labute approximate surface area is 137 Å². The Morgan fingerprint density at radius 3 is 2.71 bits per heavy atom. The van der Waals surface area contributed by atoms with Crippen molar-refractivity contribution in [1.29, 1.82) is 0 Å². The van der Waals surface area contributed by atoms with E-state index in [9.17, 15) is 0 Å². The summed E-state index contributed by atoms with van der Waals surface area (Å²) in [6.45, 7) is 0.232. The summed E-state index contributed by atoms with van der Waals surface area (Å²) in [6.07, 6.45) is 1.60. The first-order valence-corrected chi connectivity index (χ1v) is 7.41. The van der Waals surface area contributed by atoms with Crippen molar-refractivity contribution in [3.63, 3.8) is 0 Å². The number of nitrogens with zero attached hydrogens (tertiary/aromatic N) is 5. The van der Waals surface area contributed by atoms with Crippen LogP contribution in [0, 0.1) is 0 Å². The van der Waals surface area contributed by atoms with Gasteiger partial charge < -0.3 is 10.5 Å². The molecule has 7 nitrogen and oxygen atoms in total. The molecular weight excluding hydrogens is 304 g/mol. The molecule has 3 aromatic heterocycles. The molecule has 0 bridgehead atoms. The zero-order chi connectivity index (χ0) is 16.4. The van der Waals surface area contributed by atoms with Crippen LogP contribution in [0.15, 0.2) is 60.8 Å². The van der Waals surface area contributed by atoms with Gasteiger partial charge in [0, 0.05) is 17.8 Å². The lowest BCUT2D eigenvalue weighted by atomic mass is 10.1. The monoisotopic (exact) mass is 318 g/mol. The normalized spacial score (nSPS) is 10.8. The molecule has 0 atom stereocenters. The highest BCUT2D eigenvalue weighted by Crippen LogP contribution is 2.18. The fourth-order valence-corrected chi connectivity index (χ4v) is 2.35. The molecular formula is C17H14N6O. The second-order valence-electron chi connectivity index (χ2n) is 5.18. The molecule has 4 rings (SSSR count). The van der Waals surface area contributed by atoms with Crippen LogP contribution < -0.4 is 10.5 Å². The highest BCUT2D eigenvalue weighted by molar-refractivity contribution is 5.59. The lowest BCUT2D eigenvalue weighted by Crippen LogP contribution is -2.05. The van der Waals surface area contributed by atoms with Crippen LogP contribution in [-0.4, -0.2) is 24.8 Å². The molecule has 0 aliphatic heterocycles. The van der Waals surface area contributed by atoms with Crippen LogP contribution in [0.25, 0.3) is 16.9 Å². The maximum absolute atomic E-state index is 5.70. The second-order valence-corrected chi connectivity index (χ2v) is 5.18. The van der Waals surface area contributed by atoms with Gasteiger partial charge in [-0.2, -0.15) is 9.61 Å². The molecule has 0 amide bonds. The molecule has 7 heteroatoms. The summed E-state index contributed by atoms with van der Waals surface area (Å²) in [7, 11) is 0. The van der Waals surface area contributed by atoms with Crippen LogP contribution in [-0.2, 0) is 6.61 Å². The van der Waals surface area contributed by atoms with E-state index in [1.165, 1.54) is 0 Å². The van der Waals surface area contributed by atoms with Gasteiger partial charge in [0.25, 0.3) is 0 Å². The minimum absolute atomic E-state index is 0.232. The van der Waals surface area contributed by atoms with Crippen molar-refractivity contribution in [3.8, 4) is 17.0 Å². The van der Waals surface area contributed by atoms with E-state index in [2.05, 4.69) is 20.3 Å². The van der Waals surface area contributed by atoms with Gasteiger partial charge in [-0.3, -0.25) is 0 Å². The fraction of sp³-hybridized carbons (Fsp3) is 0.0588. The summed E-state index contributed by atoms with van der Waals surface area (Å²) in [5.74, 6) is 1.64. The van der Waals surface area contributed by atoms with E-state index in [-0.39, 0.29) is 6.61 Å². The Kier molecular flexibility index (Phi) is 3.51. The molecule has 0 fully saturated rings. The predicted molar refractivity (Wildman–Crippen MR) is 89.2 cm³/mol. The lowest BCUT2D eigenvalue weighted by molar-refractivity contribution is 0.292. The molecule has 0 aliphatic rings. The molecule has 118 valence electrons. The predicted octanol–water partition coefficient (Wildman–Crippen LogP) is 2.35. The number of rotatable bonds is 4. The average molecular weight is 318 g/mol. The molecule has 0 saturated heterocycles. The number of pyridine rings is 1. The van der Waals surface area contributed by atoms with Crippen molar-refractivity contribution in [2.45, 2.75) is 6.61 Å². The quantitative estimate of drug-likeness (QED) is 0.621. The Bertz CT molecular complexity index is 983. The first kappa shape index (κ1) is 14.1. The number of nitrogen functional groups attached to an aromatic ring is 1. The van der Waals surface area contributed by atoms with Gasteiger partial charge in [-0.05, 0) is 18.2 Å². The molecule has 0 spiro atoms. The summed E-state index contributed by atoms with van der Waals surface area (Å²) in [6, 6.07) is 17.2. The Balaban J connectivity index is 1.64. The van der Waals surface area contributed by atoms with Crippen molar-refractivity contribution in [2.24, 2.45) is 0 Å². The molecule has 0 unspecified atom stereocenters. The van der Waals surface area contributed by atoms with Crippen molar-refractivity contribution in [3.05, 3.63) is 66.6 Å². The molecule has 2 N–H and O–H groups in total. The first-order chi connectivity index (χ1) is 11.8. The summed E-state index contributed by atoms with van der Waals surface area (Å²) in [5, 5.41) is 12.9. The smallest absolute Gasteiger partial charge is 0.192 e. The Morgan fingerprint density at radius 1 is 1.00 bits per heavy atom. The van der Waals surface area contributed by atoms with Gasteiger partial charge >= 0.3 is 0 Å². The fourth-order valence-electron chi connectivity index (χ4n) is 2.35. The van der Waals surface area contributed by atoms with Gasteiger partial charge in [0.15, 0.2) is 11.5 Å². The van der Waals surface area contributed by atoms with Crippen LogP contribution in [0.2, 0.25) is 0 Å². The number of nitrogens with two attached hydrogens (primary N) is 1. The van der Waals surface area contributed by atoms with Gasteiger partial charge in [-0.25, -0.2) is 4.98 Å². The molecule has 1 aromatic carbocycles. The van der Waals surface area contributed by atoms with E-state index < -0.39 is 0 Å². The maximum Gasteiger partial charge on any atom is 0.192 e. The minimum Gasteiger partial charge on any atom is -0.485 e. The van der Waals surface area contributed by atoms with E-state index in [4.69, 9.17) is 10.5 Å². The third-order valence-corrected chi connectivity index (χ3v) is 3.52. The summed E-state index contributed by atoms with van der Waals surface area (Å²) in [4.78, 5) is 3.93. The van der Waals surface area contributed by atoms with Gasteiger partial charge in [0.2, 0.25) is 0 Å². The molecule has 0 radical (unpaired) electrons. The van der Waals surface area contributed by atoms with E-state index in [0.717, 1.165) is 11.3 Å². The van der Waals surface area contributed by atoms with Crippen LogP contribution in [0.1, 0.15) is 5.82 Å². The van der Waals surface area contributed by atoms with Gasteiger partial charge in [-0.1, -0.05) is 30.3 Å². The van der Waals surface area contributed by atoms with Gasteiger partial charge in [-0.15, -0.1) is 10.2 Å². The van der Waals surface area contributed by atoms with Crippen molar-refractivity contribution in [1.82, 2.24) is 24.8 Å². The Morgan fingerprint density at radius 2 is 1.88 bits per heavy atom. The molecule has 0 aliphatic carbocycles. The summed E-state index contributed by atoms with van der Waals surface area (Å²) >= 11 is 0. The topological polar surface area (TPSA) is 91.2 Å². The SMILES string of the molecule is Nc1cc(OCc2nnc3ccc(-c4ccccc4)nn23)ccn1. The number of hydrogen-bond acceptors (Lipinski definition) is 6. The van der Waals surface area contributed by atoms with Gasteiger partial charge in [0.1, 0.15) is 18.2 Å². The standard InChI is InChI=1S/C17H14N6O/c18-15-10-13(8-9-19-15)24-11-17-21-20-16-7-6-14(22-23(16)17)12-4-2-1-3-5-12/h1-10H,11H2,(H2,18,19). The average Bonchev–Trinajstić information content (AvgIpc) is 3.03. The Hall–Kier alpha value is -3.48. The number of aromatic nitrogens is 5. The summed E-state index contributed by atoms with van der Waals surface area (Å²) in [5.41, 5.74) is 8.19. The molecule has 4 aromatic rings. The van der Waals surface area contributed by atoms with Gasteiger partial charge in [0.05, 0.1) is 5.69 Å². The molecule has 24 heavy (non-hydrogen) atoms. The van der Waals surface area contributed by atoms with E-state index in [0.29, 0.717) is 23.0 Å². The molecule has 0 saturated carbocycles. The number of hydrogen-bond donors (Lipinski definition) is 1.